The van der Waals surface area contributed by atoms with E-state index in [9.17, 15) is 9.18 Å². The lowest BCUT2D eigenvalue weighted by Crippen LogP contribution is -2.27. The first-order valence-corrected chi connectivity index (χ1v) is 6.72. The van der Waals surface area contributed by atoms with Crippen LogP contribution in [0.3, 0.4) is 0 Å². The zero-order chi connectivity index (χ0) is 16.1. The van der Waals surface area contributed by atoms with Crippen molar-refractivity contribution in [3.63, 3.8) is 0 Å². The number of carbonyl (C=O) groups is 1. The number of ether oxygens (including phenoxy) is 2. The third-order valence-corrected chi connectivity index (χ3v) is 3.16. The predicted molar refractivity (Wildman–Crippen MR) is 79.4 cm³/mol. The van der Waals surface area contributed by atoms with Crippen molar-refractivity contribution in [3.8, 4) is 17.0 Å². The summed E-state index contributed by atoms with van der Waals surface area (Å²) in [4.78, 5) is 11.9. The highest BCUT2D eigenvalue weighted by Gasteiger charge is 2.16. The molecule has 2 rings (SSSR count). The fourth-order valence-electron chi connectivity index (χ4n) is 2.02. The third kappa shape index (κ3) is 3.43. The topological polar surface area (TPSA) is 65.4 Å². The molecule has 1 N–H and O–H groups in total. The smallest absolute Gasteiger partial charge is 0.271 e. The van der Waals surface area contributed by atoms with E-state index in [-0.39, 0.29) is 11.6 Å². The molecule has 0 bridgehead atoms. The molecule has 0 aliphatic heterocycles. The van der Waals surface area contributed by atoms with E-state index in [1.54, 1.807) is 32.4 Å². The Labute approximate surface area is 127 Å². The van der Waals surface area contributed by atoms with Crippen LogP contribution < -0.4 is 10.1 Å². The van der Waals surface area contributed by atoms with Gasteiger partial charge in [-0.1, -0.05) is 0 Å². The molecule has 7 heteroatoms. The lowest BCUT2D eigenvalue weighted by Gasteiger charge is -2.05. The summed E-state index contributed by atoms with van der Waals surface area (Å²) in [6.45, 7) is 0.802. The summed E-state index contributed by atoms with van der Waals surface area (Å²) in [5, 5.41) is 6.79. The number of nitrogens with zero attached hydrogens (tertiary/aromatic N) is 2. The third-order valence-electron chi connectivity index (χ3n) is 3.16. The van der Waals surface area contributed by atoms with Crippen molar-refractivity contribution in [2.24, 2.45) is 7.05 Å². The van der Waals surface area contributed by atoms with Gasteiger partial charge in [-0.25, -0.2) is 4.39 Å². The molecule has 0 spiro atoms. The fourth-order valence-corrected chi connectivity index (χ4v) is 2.02. The molecule has 0 radical (unpaired) electrons. The van der Waals surface area contributed by atoms with Gasteiger partial charge in [0.2, 0.25) is 0 Å². The minimum absolute atomic E-state index is 0.226. The van der Waals surface area contributed by atoms with Crippen molar-refractivity contribution in [1.82, 2.24) is 15.1 Å². The molecular formula is C15H18FN3O3. The van der Waals surface area contributed by atoms with E-state index in [4.69, 9.17) is 9.47 Å². The maximum atomic E-state index is 14.1. The van der Waals surface area contributed by atoms with Gasteiger partial charge in [-0.15, -0.1) is 0 Å². The molecule has 1 aromatic heterocycles. The first-order valence-electron chi connectivity index (χ1n) is 6.72. The van der Waals surface area contributed by atoms with Crippen LogP contribution in [0.4, 0.5) is 4.39 Å². The van der Waals surface area contributed by atoms with Gasteiger partial charge in [-0.3, -0.25) is 9.48 Å². The minimum Gasteiger partial charge on any atom is -0.497 e. The van der Waals surface area contributed by atoms with Crippen LogP contribution in [-0.4, -0.2) is 43.1 Å². The zero-order valence-corrected chi connectivity index (χ0v) is 12.7. The summed E-state index contributed by atoms with van der Waals surface area (Å²) >= 11 is 0. The van der Waals surface area contributed by atoms with E-state index in [0.717, 1.165) is 0 Å². The highest BCUT2D eigenvalue weighted by Crippen LogP contribution is 2.26. The van der Waals surface area contributed by atoms with Gasteiger partial charge in [0.05, 0.1) is 19.4 Å². The van der Waals surface area contributed by atoms with E-state index in [1.807, 2.05) is 0 Å². The SMILES string of the molecule is COCCNC(=O)c1cc(-c2ccc(OC)cc2F)n(C)n1. The Hall–Kier alpha value is -2.41. The molecule has 0 saturated carbocycles. The minimum atomic E-state index is -0.436. The molecule has 6 nitrogen and oxygen atoms in total. The number of halogens is 1. The number of aromatic nitrogens is 2. The van der Waals surface area contributed by atoms with Crippen LogP contribution in [0.1, 0.15) is 10.5 Å². The standard InChI is InChI=1S/C15H18FN3O3/c1-19-14(11-5-4-10(22-3)8-12(11)16)9-13(18-19)15(20)17-6-7-21-2/h4-5,8-9H,6-7H2,1-3H3,(H,17,20). The zero-order valence-electron chi connectivity index (χ0n) is 12.7. The van der Waals surface area contributed by atoms with Crippen LogP contribution in [0.5, 0.6) is 5.75 Å². The van der Waals surface area contributed by atoms with Crippen molar-refractivity contribution in [2.75, 3.05) is 27.4 Å². The van der Waals surface area contributed by atoms with Crippen LogP contribution in [0.2, 0.25) is 0 Å². The quantitative estimate of drug-likeness (QED) is 0.824. The second-order valence-corrected chi connectivity index (χ2v) is 4.63. The van der Waals surface area contributed by atoms with E-state index >= 15 is 0 Å². The van der Waals surface area contributed by atoms with Crippen molar-refractivity contribution < 1.29 is 18.7 Å². The molecule has 22 heavy (non-hydrogen) atoms. The second-order valence-electron chi connectivity index (χ2n) is 4.63. The fraction of sp³-hybridized carbons (Fsp3) is 0.333. The van der Waals surface area contributed by atoms with Gasteiger partial charge >= 0.3 is 0 Å². The number of rotatable bonds is 6. The van der Waals surface area contributed by atoms with Gasteiger partial charge < -0.3 is 14.8 Å². The molecule has 1 heterocycles. The Kier molecular flexibility index (Phi) is 5.11. The first kappa shape index (κ1) is 16.0. The molecule has 118 valence electrons. The summed E-state index contributed by atoms with van der Waals surface area (Å²) in [5.74, 6) is -0.331. The number of hydrogen-bond acceptors (Lipinski definition) is 4. The monoisotopic (exact) mass is 307 g/mol. The van der Waals surface area contributed by atoms with Gasteiger partial charge in [-0.05, 0) is 18.2 Å². The average molecular weight is 307 g/mol. The molecule has 1 amide bonds. The Morgan fingerprint density at radius 2 is 2.14 bits per heavy atom. The molecule has 0 fully saturated rings. The number of benzene rings is 1. The molecular weight excluding hydrogens is 289 g/mol. The molecule has 0 aliphatic rings. The Bertz CT molecular complexity index is 670. The first-order chi connectivity index (χ1) is 10.6. The number of methoxy groups -OCH3 is 2. The average Bonchev–Trinajstić information content (AvgIpc) is 2.89. The summed E-state index contributed by atoms with van der Waals surface area (Å²) in [5.41, 5.74) is 1.09. The summed E-state index contributed by atoms with van der Waals surface area (Å²) in [6, 6.07) is 6.09. The van der Waals surface area contributed by atoms with Gasteiger partial charge in [0.15, 0.2) is 5.69 Å². The predicted octanol–water partition coefficient (Wildman–Crippen LogP) is 1.61. The van der Waals surface area contributed by atoms with Gasteiger partial charge in [0.1, 0.15) is 11.6 Å². The lowest BCUT2D eigenvalue weighted by atomic mass is 10.1. The van der Waals surface area contributed by atoms with Gasteiger partial charge in [0, 0.05) is 32.3 Å². The number of carbonyl (C=O) groups excluding carboxylic acids is 1. The number of nitrogens with one attached hydrogen (secondary N) is 1. The Morgan fingerprint density at radius 1 is 1.36 bits per heavy atom. The summed E-state index contributed by atoms with van der Waals surface area (Å²) < 4.78 is 25.4. The summed E-state index contributed by atoms with van der Waals surface area (Å²) in [7, 11) is 4.68. The Morgan fingerprint density at radius 3 is 2.77 bits per heavy atom. The summed E-state index contributed by atoms with van der Waals surface area (Å²) in [6.07, 6.45) is 0. The van der Waals surface area contributed by atoms with Gasteiger partial charge in [0.25, 0.3) is 5.91 Å². The van der Waals surface area contributed by atoms with Crippen LogP contribution in [0, 0.1) is 5.82 Å². The normalized spacial score (nSPS) is 10.5. The van der Waals surface area contributed by atoms with Crippen LogP contribution in [-0.2, 0) is 11.8 Å². The van der Waals surface area contributed by atoms with Gasteiger partial charge in [-0.2, -0.15) is 5.10 Å². The number of amides is 1. The molecule has 0 saturated heterocycles. The lowest BCUT2D eigenvalue weighted by molar-refractivity contribution is 0.0931. The van der Waals surface area contributed by atoms with Crippen molar-refractivity contribution in [3.05, 3.63) is 35.8 Å². The highest BCUT2D eigenvalue weighted by atomic mass is 19.1. The maximum Gasteiger partial charge on any atom is 0.271 e. The van der Waals surface area contributed by atoms with E-state index < -0.39 is 5.82 Å². The maximum absolute atomic E-state index is 14.1. The van der Waals surface area contributed by atoms with Crippen LogP contribution in [0.15, 0.2) is 24.3 Å². The molecule has 2 aromatic rings. The van der Waals surface area contributed by atoms with E-state index in [0.29, 0.717) is 30.2 Å². The van der Waals surface area contributed by atoms with Crippen molar-refractivity contribution in [1.29, 1.82) is 0 Å². The van der Waals surface area contributed by atoms with E-state index in [1.165, 1.54) is 17.9 Å². The van der Waals surface area contributed by atoms with Crippen LogP contribution >= 0.6 is 0 Å². The second kappa shape index (κ2) is 7.04. The van der Waals surface area contributed by atoms with Crippen molar-refractivity contribution in [2.45, 2.75) is 0 Å². The molecule has 0 unspecified atom stereocenters. The largest absolute Gasteiger partial charge is 0.497 e. The number of hydrogen-bond donors (Lipinski definition) is 1. The highest BCUT2D eigenvalue weighted by molar-refractivity contribution is 5.93. The number of aryl methyl sites for hydroxylation is 1. The molecule has 0 atom stereocenters. The van der Waals surface area contributed by atoms with Crippen molar-refractivity contribution >= 4 is 5.91 Å². The Balaban J connectivity index is 2.24. The molecule has 0 aliphatic carbocycles. The van der Waals surface area contributed by atoms with E-state index in [2.05, 4.69) is 10.4 Å². The molecule has 1 aromatic carbocycles. The van der Waals surface area contributed by atoms with Crippen LogP contribution in [0.25, 0.3) is 11.3 Å².